The summed E-state index contributed by atoms with van der Waals surface area (Å²) in [7, 11) is 0. The van der Waals surface area contributed by atoms with Gasteiger partial charge in [-0.1, -0.05) is 42.5 Å². The number of hydrogen-bond acceptors (Lipinski definition) is 2. The molecule has 0 unspecified atom stereocenters. The Kier molecular flexibility index (Phi) is 6.49. The van der Waals surface area contributed by atoms with Crippen molar-refractivity contribution >= 4 is 11.8 Å². The number of hydrogen-bond donors (Lipinski definition) is 1. The second kappa shape index (κ2) is 8.82. The molecular weight excluding hydrogens is 307 g/mol. The van der Waals surface area contributed by atoms with Crippen LogP contribution in [0.1, 0.15) is 22.8 Å². The molecule has 5 heteroatoms. The second-order valence-electron chi connectivity index (χ2n) is 5.48. The maximum Gasteiger partial charge on any atom is 0.254 e. The van der Waals surface area contributed by atoms with Crippen LogP contribution in [0.5, 0.6) is 0 Å². The van der Waals surface area contributed by atoms with E-state index in [1.165, 1.54) is 25.1 Å². The van der Waals surface area contributed by atoms with Crippen LogP contribution in [0.4, 0.5) is 4.39 Å². The maximum atomic E-state index is 13.5. The SMILES string of the molecule is CC(=O)N(CCNC(=O)c1ccccc1F)CCc1ccccc1. The van der Waals surface area contributed by atoms with E-state index in [9.17, 15) is 14.0 Å². The van der Waals surface area contributed by atoms with Crippen LogP contribution in [0.25, 0.3) is 0 Å². The van der Waals surface area contributed by atoms with Crippen molar-refractivity contribution < 1.29 is 14.0 Å². The minimum atomic E-state index is -0.553. The van der Waals surface area contributed by atoms with E-state index in [-0.39, 0.29) is 18.0 Å². The topological polar surface area (TPSA) is 49.4 Å². The molecule has 126 valence electrons. The molecule has 2 aromatic rings. The van der Waals surface area contributed by atoms with E-state index in [1.54, 1.807) is 11.0 Å². The van der Waals surface area contributed by atoms with Gasteiger partial charge in [0, 0.05) is 26.6 Å². The third-order valence-corrected chi connectivity index (χ3v) is 3.74. The minimum absolute atomic E-state index is 0.0103. The van der Waals surface area contributed by atoms with Gasteiger partial charge in [-0.3, -0.25) is 9.59 Å². The Morgan fingerprint density at radius 3 is 2.33 bits per heavy atom. The first-order valence-corrected chi connectivity index (χ1v) is 7.90. The Balaban J connectivity index is 1.82. The lowest BCUT2D eigenvalue weighted by molar-refractivity contribution is -0.128. The molecule has 0 fully saturated rings. The van der Waals surface area contributed by atoms with E-state index in [4.69, 9.17) is 0 Å². The zero-order valence-electron chi connectivity index (χ0n) is 13.7. The first-order chi connectivity index (χ1) is 11.6. The predicted octanol–water partition coefficient (Wildman–Crippen LogP) is 2.65. The largest absolute Gasteiger partial charge is 0.350 e. The molecular formula is C19H21FN2O2. The Morgan fingerprint density at radius 1 is 1.00 bits per heavy atom. The van der Waals surface area contributed by atoms with Crippen molar-refractivity contribution in [2.24, 2.45) is 0 Å². The first kappa shape index (κ1) is 17.7. The van der Waals surface area contributed by atoms with E-state index in [2.05, 4.69) is 5.32 Å². The van der Waals surface area contributed by atoms with Crippen LogP contribution in [0, 0.1) is 5.82 Å². The van der Waals surface area contributed by atoms with Gasteiger partial charge in [0.25, 0.3) is 5.91 Å². The van der Waals surface area contributed by atoms with E-state index >= 15 is 0 Å². The molecule has 1 N–H and O–H groups in total. The van der Waals surface area contributed by atoms with Crippen LogP contribution in [0.3, 0.4) is 0 Å². The average Bonchev–Trinajstić information content (AvgIpc) is 2.58. The van der Waals surface area contributed by atoms with Gasteiger partial charge in [0.2, 0.25) is 5.91 Å². The van der Waals surface area contributed by atoms with Crippen LogP contribution in [0.2, 0.25) is 0 Å². The summed E-state index contributed by atoms with van der Waals surface area (Å²) >= 11 is 0. The minimum Gasteiger partial charge on any atom is -0.350 e. The highest BCUT2D eigenvalue weighted by atomic mass is 19.1. The van der Waals surface area contributed by atoms with Gasteiger partial charge in [0.05, 0.1) is 5.56 Å². The highest BCUT2D eigenvalue weighted by Crippen LogP contribution is 2.06. The van der Waals surface area contributed by atoms with Crippen LogP contribution >= 0.6 is 0 Å². The van der Waals surface area contributed by atoms with E-state index in [0.29, 0.717) is 13.1 Å². The number of carbonyl (C=O) groups is 2. The van der Waals surface area contributed by atoms with Crippen LogP contribution in [-0.4, -0.2) is 36.3 Å². The van der Waals surface area contributed by atoms with Crippen LogP contribution in [0.15, 0.2) is 54.6 Å². The monoisotopic (exact) mass is 328 g/mol. The third kappa shape index (κ3) is 5.19. The lowest BCUT2D eigenvalue weighted by atomic mass is 10.1. The Bertz CT molecular complexity index is 689. The summed E-state index contributed by atoms with van der Waals surface area (Å²) in [5, 5.41) is 2.65. The summed E-state index contributed by atoms with van der Waals surface area (Å²) in [5.41, 5.74) is 1.16. The van der Waals surface area contributed by atoms with E-state index in [0.717, 1.165) is 12.0 Å². The molecule has 24 heavy (non-hydrogen) atoms. The van der Waals surface area contributed by atoms with Gasteiger partial charge in [-0.15, -0.1) is 0 Å². The Hall–Kier alpha value is -2.69. The number of benzene rings is 2. The molecule has 2 amide bonds. The highest BCUT2D eigenvalue weighted by Gasteiger charge is 2.12. The van der Waals surface area contributed by atoms with Gasteiger partial charge < -0.3 is 10.2 Å². The molecule has 0 bridgehead atoms. The molecule has 0 aliphatic carbocycles. The van der Waals surface area contributed by atoms with Gasteiger partial charge in [-0.25, -0.2) is 4.39 Å². The average molecular weight is 328 g/mol. The quantitative estimate of drug-likeness (QED) is 0.849. The molecule has 0 saturated heterocycles. The number of halogens is 1. The fraction of sp³-hybridized carbons (Fsp3) is 0.263. The smallest absolute Gasteiger partial charge is 0.254 e. The van der Waals surface area contributed by atoms with Gasteiger partial charge in [0.1, 0.15) is 5.82 Å². The van der Waals surface area contributed by atoms with Crippen molar-refractivity contribution in [3.63, 3.8) is 0 Å². The molecule has 0 radical (unpaired) electrons. The summed E-state index contributed by atoms with van der Waals surface area (Å²) < 4.78 is 13.5. The number of nitrogens with zero attached hydrogens (tertiary/aromatic N) is 1. The van der Waals surface area contributed by atoms with Gasteiger partial charge in [0.15, 0.2) is 0 Å². The third-order valence-electron chi connectivity index (χ3n) is 3.74. The number of rotatable bonds is 7. The van der Waals surface area contributed by atoms with E-state index in [1.807, 2.05) is 30.3 Å². The summed E-state index contributed by atoms with van der Waals surface area (Å²) in [4.78, 5) is 25.3. The van der Waals surface area contributed by atoms with Crippen molar-refractivity contribution in [1.29, 1.82) is 0 Å². The van der Waals surface area contributed by atoms with Crippen LogP contribution in [-0.2, 0) is 11.2 Å². The number of nitrogens with one attached hydrogen (secondary N) is 1. The Labute approximate surface area is 141 Å². The lowest BCUT2D eigenvalue weighted by Crippen LogP contribution is -2.38. The molecule has 0 aromatic heterocycles. The van der Waals surface area contributed by atoms with Gasteiger partial charge in [-0.2, -0.15) is 0 Å². The molecule has 2 rings (SSSR count). The lowest BCUT2D eigenvalue weighted by Gasteiger charge is -2.21. The standard InChI is InChI=1S/C19H21FN2O2/c1-15(23)22(13-11-16-7-3-2-4-8-16)14-12-21-19(24)17-9-5-6-10-18(17)20/h2-10H,11-14H2,1H3,(H,21,24). The zero-order chi connectivity index (χ0) is 17.4. The number of amides is 2. The van der Waals surface area contributed by atoms with Crippen molar-refractivity contribution in [1.82, 2.24) is 10.2 Å². The molecule has 0 saturated carbocycles. The van der Waals surface area contributed by atoms with Gasteiger partial charge in [-0.05, 0) is 24.1 Å². The molecule has 0 atom stereocenters. The summed E-state index contributed by atoms with van der Waals surface area (Å²) in [6.07, 6.45) is 0.752. The van der Waals surface area contributed by atoms with Crippen molar-refractivity contribution in [3.05, 3.63) is 71.5 Å². The van der Waals surface area contributed by atoms with Crippen molar-refractivity contribution in [2.45, 2.75) is 13.3 Å². The van der Waals surface area contributed by atoms with Crippen molar-refractivity contribution in [3.8, 4) is 0 Å². The van der Waals surface area contributed by atoms with E-state index < -0.39 is 11.7 Å². The Morgan fingerprint density at radius 2 is 1.67 bits per heavy atom. The number of carbonyl (C=O) groups excluding carboxylic acids is 2. The highest BCUT2D eigenvalue weighted by molar-refractivity contribution is 5.94. The fourth-order valence-electron chi connectivity index (χ4n) is 2.38. The zero-order valence-corrected chi connectivity index (χ0v) is 13.7. The molecule has 0 aliphatic rings. The molecule has 0 spiro atoms. The van der Waals surface area contributed by atoms with Gasteiger partial charge >= 0.3 is 0 Å². The fourth-order valence-corrected chi connectivity index (χ4v) is 2.38. The molecule has 4 nitrogen and oxygen atoms in total. The summed E-state index contributed by atoms with van der Waals surface area (Å²) in [6.45, 7) is 2.75. The molecule has 0 heterocycles. The normalized spacial score (nSPS) is 10.2. The summed E-state index contributed by atoms with van der Waals surface area (Å²) in [6, 6.07) is 15.7. The van der Waals surface area contributed by atoms with Crippen molar-refractivity contribution in [2.75, 3.05) is 19.6 Å². The molecule has 2 aromatic carbocycles. The summed E-state index contributed by atoms with van der Waals surface area (Å²) in [5.74, 6) is -1.08. The predicted molar refractivity (Wildman–Crippen MR) is 91.1 cm³/mol. The first-order valence-electron chi connectivity index (χ1n) is 7.90. The van der Waals surface area contributed by atoms with Crippen LogP contribution < -0.4 is 5.32 Å². The molecule has 0 aliphatic heterocycles. The second-order valence-corrected chi connectivity index (χ2v) is 5.48. The maximum absolute atomic E-state index is 13.5.